The molecule has 3 nitrogen and oxygen atoms in total. The predicted octanol–water partition coefficient (Wildman–Crippen LogP) is 7.46. The average molecular weight is 490 g/mol. The first kappa shape index (κ1) is 23.9. The Morgan fingerprint density at radius 3 is 2.29 bits per heavy atom. The number of nitrogens with zero attached hydrogens (tertiary/aromatic N) is 1. The van der Waals surface area contributed by atoms with Crippen molar-refractivity contribution in [3.8, 4) is 5.75 Å². The normalized spacial score (nSPS) is 21.4. The highest BCUT2D eigenvalue weighted by molar-refractivity contribution is 7.98. The van der Waals surface area contributed by atoms with Gasteiger partial charge in [0.05, 0.1) is 0 Å². The number of ether oxygens (including phenoxy) is 1. The Kier molecular flexibility index (Phi) is 7.14. The smallest absolute Gasteiger partial charge is 0.254 e. The van der Waals surface area contributed by atoms with Gasteiger partial charge in [0.2, 0.25) is 0 Å². The van der Waals surface area contributed by atoms with Crippen LogP contribution in [-0.4, -0.2) is 29.0 Å². The summed E-state index contributed by atoms with van der Waals surface area (Å²) in [6.45, 7) is 4.39. The highest BCUT2D eigenvalue weighted by Gasteiger charge is 2.44. The number of piperidine rings is 1. The van der Waals surface area contributed by atoms with Gasteiger partial charge >= 0.3 is 0 Å². The van der Waals surface area contributed by atoms with Gasteiger partial charge in [-0.3, -0.25) is 4.79 Å². The van der Waals surface area contributed by atoms with Crippen molar-refractivity contribution in [2.45, 2.75) is 74.3 Å². The molecular formula is C30H32FNO2S. The molecule has 182 valence electrons. The molecule has 2 heterocycles. The summed E-state index contributed by atoms with van der Waals surface area (Å²) in [4.78, 5) is 16.6. The zero-order chi connectivity index (χ0) is 24.4. The van der Waals surface area contributed by atoms with Crippen LogP contribution in [0.5, 0.6) is 5.75 Å². The predicted molar refractivity (Wildman–Crippen MR) is 140 cm³/mol. The van der Waals surface area contributed by atoms with Crippen molar-refractivity contribution in [2.75, 3.05) is 0 Å². The second kappa shape index (κ2) is 10.4. The molecule has 2 aliphatic heterocycles. The number of amides is 1. The van der Waals surface area contributed by atoms with E-state index in [9.17, 15) is 9.18 Å². The molecule has 0 N–H and O–H groups in total. The summed E-state index contributed by atoms with van der Waals surface area (Å²) < 4.78 is 19.6. The fraction of sp³-hybridized carbons (Fsp3) is 0.367. The molecule has 2 atom stereocenters. The quantitative estimate of drug-likeness (QED) is 0.323. The van der Waals surface area contributed by atoms with Gasteiger partial charge in [-0.1, -0.05) is 44.2 Å². The molecular weight excluding hydrogens is 457 g/mol. The average Bonchev–Trinajstić information content (AvgIpc) is 3.13. The summed E-state index contributed by atoms with van der Waals surface area (Å²) in [6, 6.07) is 23.3. The van der Waals surface area contributed by atoms with E-state index < -0.39 is 0 Å². The van der Waals surface area contributed by atoms with Crippen LogP contribution in [0.15, 0.2) is 77.7 Å². The van der Waals surface area contributed by atoms with Gasteiger partial charge in [-0.2, -0.15) is 0 Å². The summed E-state index contributed by atoms with van der Waals surface area (Å²) in [5, 5.41) is 0. The van der Waals surface area contributed by atoms with Crippen LogP contribution in [0.3, 0.4) is 0 Å². The first-order valence-electron chi connectivity index (χ1n) is 12.5. The number of thioether (sulfide) groups is 1. The Morgan fingerprint density at radius 2 is 1.63 bits per heavy atom. The summed E-state index contributed by atoms with van der Waals surface area (Å²) in [7, 11) is 0. The molecule has 2 aliphatic rings. The summed E-state index contributed by atoms with van der Waals surface area (Å²) in [6.07, 6.45) is 4.03. The van der Waals surface area contributed by atoms with Crippen LogP contribution < -0.4 is 4.74 Å². The van der Waals surface area contributed by atoms with Crippen molar-refractivity contribution in [3.05, 3.63) is 95.3 Å². The molecule has 0 saturated carbocycles. The number of halogens is 1. The molecule has 2 saturated heterocycles. The van der Waals surface area contributed by atoms with E-state index >= 15 is 0 Å². The van der Waals surface area contributed by atoms with Gasteiger partial charge in [0.1, 0.15) is 17.7 Å². The second-order valence-electron chi connectivity index (χ2n) is 9.94. The number of hydrogen-bond acceptors (Lipinski definition) is 3. The van der Waals surface area contributed by atoms with Gasteiger partial charge < -0.3 is 9.64 Å². The topological polar surface area (TPSA) is 29.5 Å². The van der Waals surface area contributed by atoms with Crippen LogP contribution in [0.1, 0.15) is 66.9 Å². The molecule has 3 aromatic carbocycles. The minimum atomic E-state index is -0.220. The Morgan fingerprint density at radius 1 is 0.971 bits per heavy atom. The second-order valence-corrected chi connectivity index (χ2v) is 11.0. The molecule has 2 fully saturated rings. The molecule has 3 aromatic rings. The number of hydrogen-bond donors (Lipinski definition) is 0. The lowest BCUT2D eigenvalue weighted by atomic mass is 9.97. The zero-order valence-corrected chi connectivity index (χ0v) is 21.1. The van der Waals surface area contributed by atoms with Gasteiger partial charge in [-0.25, -0.2) is 4.39 Å². The van der Waals surface area contributed by atoms with Crippen LogP contribution >= 0.6 is 11.8 Å². The van der Waals surface area contributed by atoms with Crippen molar-refractivity contribution in [1.29, 1.82) is 0 Å². The third-order valence-corrected chi connectivity index (χ3v) is 8.26. The van der Waals surface area contributed by atoms with Gasteiger partial charge in [0, 0.05) is 41.1 Å². The number of fused-ring (bicyclic) bond motifs is 2. The third-order valence-electron chi connectivity index (χ3n) is 7.18. The van der Waals surface area contributed by atoms with E-state index in [1.165, 1.54) is 17.7 Å². The Labute approximate surface area is 211 Å². The SMILES string of the molecule is CC(C)c1ccccc1OC1CC2CCC(C1)N2C(=O)c1ccc(CSc2ccc(F)cc2)cc1. The lowest BCUT2D eigenvalue weighted by Crippen LogP contribution is -2.49. The number of para-hydroxylation sites is 1. The molecule has 0 radical (unpaired) electrons. The van der Waals surface area contributed by atoms with Gasteiger partial charge in [-0.15, -0.1) is 11.8 Å². The van der Waals surface area contributed by atoms with Crippen LogP contribution in [0.4, 0.5) is 4.39 Å². The Hall–Kier alpha value is -2.79. The molecule has 0 aliphatic carbocycles. The van der Waals surface area contributed by atoms with Crippen molar-refractivity contribution in [1.82, 2.24) is 4.90 Å². The maximum absolute atomic E-state index is 13.4. The summed E-state index contributed by atoms with van der Waals surface area (Å²) in [5.74, 6) is 2.10. The van der Waals surface area contributed by atoms with E-state index in [2.05, 4.69) is 36.9 Å². The molecule has 0 spiro atoms. The molecule has 2 bridgehead atoms. The Balaban J connectivity index is 1.20. The fourth-order valence-electron chi connectivity index (χ4n) is 5.39. The first-order chi connectivity index (χ1) is 17.0. The monoisotopic (exact) mass is 489 g/mol. The highest BCUT2D eigenvalue weighted by Crippen LogP contribution is 2.39. The van der Waals surface area contributed by atoms with Gasteiger partial charge in [0.25, 0.3) is 5.91 Å². The Bertz CT molecular complexity index is 1150. The van der Waals surface area contributed by atoms with E-state index in [4.69, 9.17) is 4.74 Å². The largest absolute Gasteiger partial charge is 0.490 e. The van der Waals surface area contributed by atoms with Gasteiger partial charge in [-0.05, 0) is 72.4 Å². The molecule has 35 heavy (non-hydrogen) atoms. The molecule has 2 unspecified atom stereocenters. The number of carbonyl (C=O) groups excluding carboxylic acids is 1. The van der Waals surface area contributed by atoms with Crippen LogP contribution in [0.25, 0.3) is 0 Å². The van der Waals surface area contributed by atoms with Crippen molar-refractivity contribution in [3.63, 3.8) is 0 Å². The van der Waals surface area contributed by atoms with Gasteiger partial charge in [0.15, 0.2) is 0 Å². The van der Waals surface area contributed by atoms with Crippen LogP contribution in [0, 0.1) is 5.82 Å². The van der Waals surface area contributed by atoms with E-state index in [0.29, 0.717) is 5.92 Å². The van der Waals surface area contributed by atoms with Crippen molar-refractivity contribution >= 4 is 17.7 Å². The molecule has 5 heteroatoms. The highest BCUT2D eigenvalue weighted by atomic mass is 32.2. The lowest BCUT2D eigenvalue weighted by Gasteiger charge is -2.39. The summed E-state index contributed by atoms with van der Waals surface area (Å²) >= 11 is 1.66. The third kappa shape index (κ3) is 5.40. The van der Waals surface area contributed by atoms with Crippen LogP contribution in [0.2, 0.25) is 0 Å². The van der Waals surface area contributed by atoms with E-state index in [0.717, 1.165) is 53.2 Å². The van der Waals surface area contributed by atoms with Crippen molar-refractivity contribution < 1.29 is 13.9 Å². The minimum Gasteiger partial charge on any atom is -0.490 e. The fourth-order valence-corrected chi connectivity index (χ4v) is 6.24. The first-order valence-corrected chi connectivity index (χ1v) is 13.5. The molecule has 0 aromatic heterocycles. The zero-order valence-electron chi connectivity index (χ0n) is 20.3. The maximum Gasteiger partial charge on any atom is 0.254 e. The number of benzene rings is 3. The maximum atomic E-state index is 13.4. The van der Waals surface area contributed by atoms with E-state index in [1.54, 1.807) is 23.9 Å². The van der Waals surface area contributed by atoms with E-state index in [-0.39, 0.29) is 29.9 Å². The minimum absolute atomic E-state index is 0.135. The van der Waals surface area contributed by atoms with Crippen molar-refractivity contribution in [2.24, 2.45) is 0 Å². The van der Waals surface area contributed by atoms with E-state index in [1.807, 2.05) is 30.3 Å². The summed E-state index contributed by atoms with van der Waals surface area (Å²) in [5.41, 5.74) is 3.15. The number of rotatable bonds is 7. The molecule has 1 amide bonds. The van der Waals surface area contributed by atoms with Crippen LogP contribution in [-0.2, 0) is 5.75 Å². The standard InChI is InChI=1S/C30H32FNO2S/c1-20(2)28-5-3-4-6-29(28)34-26-17-24-13-14-25(18-26)32(24)30(33)22-9-7-21(8-10-22)19-35-27-15-11-23(31)12-16-27/h3-12,15-16,20,24-26H,13-14,17-19H2,1-2H3. The number of carbonyl (C=O) groups is 1. The molecule has 5 rings (SSSR count). The lowest BCUT2D eigenvalue weighted by molar-refractivity contribution is 0.0356.